The van der Waals surface area contributed by atoms with Crippen LogP contribution in [0.15, 0.2) is 122 Å². The summed E-state index contributed by atoms with van der Waals surface area (Å²) in [7, 11) is 0. The third-order valence-electron chi connectivity index (χ3n) is 7.75. The van der Waals surface area contributed by atoms with Crippen molar-refractivity contribution in [3.05, 3.63) is 122 Å². The molecule has 0 spiro atoms. The van der Waals surface area contributed by atoms with Crippen LogP contribution in [-0.2, 0) is 19.1 Å². The molecule has 0 aromatic rings. The van der Waals surface area contributed by atoms with Crippen LogP contribution >= 0.6 is 0 Å². The summed E-state index contributed by atoms with van der Waals surface area (Å²) >= 11 is 0. The summed E-state index contributed by atoms with van der Waals surface area (Å²) in [6, 6.07) is 0. The molecule has 1 atom stereocenters. The quantitative estimate of drug-likeness (QED) is 0.0408. The first kappa shape index (κ1) is 48.3. The third kappa shape index (κ3) is 39.1. The molecule has 0 radical (unpaired) electrons. The van der Waals surface area contributed by atoms with Gasteiger partial charge in [-0.05, 0) is 96.3 Å². The van der Waals surface area contributed by atoms with E-state index in [4.69, 9.17) is 9.47 Å². The zero-order chi connectivity index (χ0) is 37.8. The van der Waals surface area contributed by atoms with E-state index in [0.717, 1.165) is 83.5 Å². The first-order chi connectivity index (χ1) is 25.6. The van der Waals surface area contributed by atoms with E-state index in [0.29, 0.717) is 12.8 Å². The van der Waals surface area contributed by atoms with Crippen LogP contribution in [0.25, 0.3) is 0 Å². The van der Waals surface area contributed by atoms with Gasteiger partial charge in [0.15, 0.2) is 6.10 Å². The molecular weight excluding hydrogens is 645 g/mol. The second-order valence-electron chi connectivity index (χ2n) is 12.6. The van der Waals surface area contributed by atoms with Crippen molar-refractivity contribution in [1.29, 1.82) is 0 Å². The maximum atomic E-state index is 12.2. The first-order valence-corrected chi connectivity index (χ1v) is 20.1. The van der Waals surface area contributed by atoms with Gasteiger partial charge in [-0.2, -0.15) is 0 Å². The average Bonchev–Trinajstić information content (AvgIpc) is 3.15. The van der Waals surface area contributed by atoms with Gasteiger partial charge in [0.05, 0.1) is 6.61 Å². The molecule has 0 unspecified atom stereocenters. The summed E-state index contributed by atoms with van der Waals surface area (Å²) in [4.78, 5) is 24.2. The number of carbonyl (C=O) groups is 2. The molecule has 0 aromatic heterocycles. The van der Waals surface area contributed by atoms with E-state index in [2.05, 4.69) is 123 Å². The Kier molecular flexibility index (Phi) is 38.8. The van der Waals surface area contributed by atoms with E-state index in [9.17, 15) is 14.7 Å². The Bertz CT molecular complexity index is 1130. The van der Waals surface area contributed by atoms with E-state index >= 15 is 0 Å². The number of allylic oxidation sites excluding steroid dienone is 20. The highest BCUT2D eigenvalue weighted by atomic mass is 16.6. The van der Waals surface area contributed by atoms with Crippen molar-refractivity contribution in [3.8, 4) is 0 Å². The molecule has 290 valence electrons. The van der Waals surface area contributed by atoms with Crippen molar-refractivity contribution < 1.29 is 24.2 Å². The molecular formula is C47H72O5. The van der Waals surface area contributed by atoms with Crippen molar-refractivity contribution in [1.82, 2.24) is 0 Å². The molecule has 0 aliphatic heterocycles. The minimum Gasteiger partial charge on any atom is -0.462 e. The minimum absolute atomic E-state index is 0.128. The van der Waals surface area contributed by atoms with Crippen LogP contribution < -0.4 is 0 Å². The number of carbonyl (C=O) groups excluding carboxylic acids is 2. The molecule has 0 saturated carbocycles. The number of hydrogen-bond acceptors (Lipinski definition) is 5. The van der Waals surface area contributed by atoms with Crippen molar-refractivity contribution >= 4 is 11.9 Å². The maximum Gasteiger partial charge on any atom is 0.306 e. The summed E-state index contributed by atoms with van der Waals surface area (Å²) in [6.07, 6.45) is 61.2. The highest BCUT2D eigenvalue weighted by Crippen LogP contribution is 2.08. The lowest BCUT2D eigenvalue weighted by Gasteiger charge is -2.15. The van der Waals surface area contributed by atoms with Crippen LogP contribution in [0.4, 0.5) is 0 Å². The Morgan fingerprint density at radius 2 is 0.865 bits per heavy atom. The van der Waals surface area contributed by atoms with Gasteiger partial charge in [-0.25, -0.2) is 0 Å². The van der Waals surface area contributed by atoms with Gasteiger partial charge < -0.3 is 14.6 Å². The summed E-state index contributed by atoms with van der Waals surface area (Å²) in [6.45, 7) is 3.87. The molecule has 0 fully saturated rings. The minimum atomic E-state index is -0.828. The van der Waals surface area contributed by atoms with Gasteiger partial charge >= 0.3 is 11.9 Å². The highest BCUT2D eigenvalue weighted by molar-refractivity contribution is 5.70. The topological polar surface area (TPSA) is 72.8 Å². The summed E-state index contributed by atoms with van der Waals surface area (Å²) in [5.74, 6) is -0.739. The standard InChI is InChI=1S/C47H72O5/c1-3-5-7-9-11-13-15-17-19-21-23-25-27-29-31-33-35-37-39-41-46(49)51-44-45(43-48)52-47(50)42-40-38-36-34-32-30-28-26-24-22-20-18-16-14-12-10-8-6-4-2/h6,8,11-14,17-20,23-26,29-32,35,37,45,48H,3-5,7,9-10,15-16,21-22,27-28,33-34,36,38-44H2,1-2H3/b8-6-,13-11-,14-12-,19-17-,20-18-,25-23-,26-24-,31-29-,32-30-,37-35-/t45-/m0/s1. The molecule has 0 aromatic carbocycles. The number of rotatable bonds is 34. The Hall–Kier alpha value is -3.70. The van der Waals surface area contributed by atoms with Crippen LogP contribution in [0, 0.1) is 0 Å². The molecule has 0 heterocycles. The Balaban J connectivity index is 3.80. The monoisotopic (exact) mass is 717 g/mol. The molecule has 5 heteroatoms. The molecule has 0 saturated heterocycles. The number of aliphatic hydroxyl groups excluding tert-OH is 1. The fourth-order valence-corrected chi connectivity index (χ4v) is 4.74. The van der Waals surface area contributed by atoms with Gasteiger partial charge in [0, 0.05) is 12.8 Å². The molecule has 0 aliphatic rings. The SMILES string of the molecule is CC/C=C\C/C=C\C/C=C\C/C=C\C/C=C\CCCCCC(=O)O[C@@H](CO)COC(=O)CC/C=C\C/C=C\C/C=C\C/C=C\C/C=C\CCCCC. The first-order valence-electron chi connectivity index (χ1n) is 20.1. The van der Waals surface area contributed by atoms with Gasteiger partial charge in [0.25, 0.3) is 0 Å². The largest absolute Gasteiger partial charge is 0.462 e. The van der Waals surface area contributed by atoms with E-state index in [1.807, 2.05) is 12.2 Å². The smallest absolute Gasteiger partial charge is 0.306 e. The lowest BCUT2D eigenvalue weighted by Crippen LogP contribution is -2.28. The van der Waals surface area contributed by atoms with Gasteiger partial charge in [0.1, 0.15) is 6.61 Å². The number of hydrogen-bond donors (Lipinski definition) is 1. The van der Waals surface area contributed by atoms with Crippen LogP contribution in [0.3, 0.4) is 0 Å². The predicted octanol–water partition coefficient (Wildman–Crippen LogP) is 12.8. The lowest BCUT2D eigenvalue weighted by molar-refractivity contribution is -0.161. The van der Waals surface area contributed by atoms with Gasteiger partial charge in [-0.3, -0.25) is 9.59 Å². The third-order valence-corrected chi connectivity index (χ3v) is 7.75. The van der Waals surface area contributed by atoms with E-state index in [-0.39, 0.29) is 31.6 Å². The molecule has 1 N–H and O–H groups in total. The number of unbranched alkanes of at least 4 members (excludes halogenated alkanes) is 6. The Morgan fingerprint density at radius 3 is 1.29 bits per heavy atom. The van der Waals surface area contributed by atoms with Crippen molar-refractivity contribution in [3.63, 3.8) is 0 Å². The van der Waals surface area contributed by atoms with Crippen LogP contribution in [0.2, 0.25) is 0 Å². The molecule has 0 rings (SSSR count). The number of ether oxygens (including phenoxy) is 2. The van der Waals surface area contributed by atoms with Crippen LogP contribution in [0.5, 0.6) is 0 Å². The zero-order valence-corrected chi connectivity index (χ0v) is 32.8. The fourth-order valence-electron chi connectivity index (χ4n) is 4.74. The van der Waals surface area contributed by atoms with Gasteiger partial charge in [-0.1, -0.05) is 155 Å². The normalized spacial score (nSPS) is 13.5. The molecule has 0 amide bonds. The second-order valence-corrected chi connectivity index (χ2v) is 12.6. The van der Waals surface area contributed by atoms with Crippen LogP contribution in [0.1, 0.15) is 142 Å². The van der Waals surface area contributed by atoms with Crippen molar-refractivity contribution in [2.24, 2.45) is 0 Å². The maximum absolute atomic E-state index is 12.2. The molecule has 52 heavy (non-hydrogen) atoms. The van der Waals surface area contributed by atoms with Gasteiger partial charge in [0.2, 0.25) is 0 Å². The second kappa shape index (κ2) is 41.7. The Morgan fingerprint density at radius 1 is 0.462 bits per heavy atom. The molecule has 5 nitrogen and oxygen atoms in total. The average molecular weight is 717 g/mol. The molecule has 0 aliphatic carbocycles. The highest BCUT2D eigenvalue weighted by Gasteiger charge is 2.15. The van der Waals surface area contributed by atoms with E-state index in [1.165, 1.54) is 25.7 Å². The predicted molar refractivity (Wildman–Crippen MR) is 223 cm³/mol. The zero-order valence-electron chi connectivity index (χ0n) is 32.8. The van der Waals surface area contributed by atoms with Gasteiger partial charge in [-0.15, -0.1) is 0 Å². The number of esters is 2. The van der Waals surface area contributed by atoms with Crippen LogP contribution in [-0.4, -0.2) is 36.4 Å². The van der Waals surface area contributed by atoms with E-state index < -0.39 is 6.10 Å². The molecule has 0 bridgehead atoms. The number of aliphatic hydroxyl groups is 1. The Labute approximate surface area is 318 Å². The van der Waals surface area contributed by atoms with Crippen molar-refractivity contribution in [2.75, 3.05) is 13.2 Å². The van der Waals surface area contributed by atoms with Crippen molar-refractivity contribution in [2.45, 2.75) is 148 Å². The van der Waals surface area contributed by atoms with E-state index in [1.54, 1.807) is 0 Å². The lowest BCUT2D eigenvalue weighted by atomic mass is 10.1. The summed E-state index contributed by atoms with van der Waals surface area (Å²) in [5, 5.41) is 9.55. The summed E-state index contributed by atoms with van der Waals surface area (Å²) < 4.78 is 10.5. The summed E-state index contributed by atoms with van der Waals surface area (Å²) in [5.41, 5.74) is 0. The fraction of sp³-hybridized carbons (Fsp3) is 0.532.